The second kappa shape index (κ2) is 6.68. The van der Waals surface area contributed by atoms with Crippen LogP contribution >= 0.6 is 0 Å². The molecule has 0 saturated carbocycles. The molecule has 1 aromatic rings. The molecule has 1 saturated heterocycles. The molecular weight excluding hydrogens is 244 g/mol. The lowest BCUT2D eigenvalue weighted by atomic mass is 10.2. The predicted molar refractivity (Wildman–Crippen MR) is 71.8 cm³/mol. The number of nitrogens with one attached hydrogen (secondary N) is 1. The molecule has 6 nitrogen and oxygen atoms in total. The maximum absolute atomic E-state index is 12.1. The molecule has 0 aliphatic carbocycles. The van der Waals surface area contributed by atoms with Gasteiger partial charge in [-0.05, 0) is 6.92 Å². The summed E-state index contributed by atoms with van der Waals surface area (Å²) in [5.74, 6) is 1.18. The van der Waals surface area contributed by atoms with Crippen molar-refractivity contribution in [3.8, 4) is 0 Å². The molecule has 19 heavy (non-hydrogen) atoms. The van der Waals surface area contributed by atoms with E-state index in [0.717, 1.165) is 18.8 Å². The van der Waals surface area contributed by atoms with Crippen molar-refractivity contribution in [2.45, 2.75) is 19.4 Å². The minimum atomic E-state index is -0.154. The molecule has 2 rings (SSSR count). The first-order valence-corrected chi connectivity index (χ1v) is 6.74. The Balaban J connectivity index is 1.73. The van der Waals surface area contributed by atoms with Gasteiger partial charge in [0.2, 0.25) is 5.91 Å². The van der Waals surface area contributed by atoms with Gasteiger partial charge in [0.25, 0.3) is 0 Å². The second-order valence-electron chi connectivity index (χ2n) is 4.82. The monoisotopic (exact) mass is 266 g/mol. The van der Waals surface area contributed by atoms with Crippen molar-refractivity contribution in [2.75, 3.05) is 32.8 Å². The van der Waals surface area contributed by atoms with Crippen LogP contribution in [0.25, 0.3) is 0 Å². The Hall–Kier alpha value is -1.40. The summed E-state index contributed by atoms with van der Waals surface area (Å²) in [6.07, 6.45) is 4.54. The van der Waals surface area contributed by atoms with Crippen LogP contribution in [-0.2, 0) is 23.0 Å². The van der Waals surface area contributed by atoms with Gasteiger partial charge in [-0.25, -0.2) is 4.98 Å². The Morgan fingerprint density at radius 1 is 1.53 bits per heavy atom. The Labute approximate surface area is 113 Å². The lowest BCUT2D eigenvalue weighted by Crippen LogP contribution is -2.49. The number of hydrogen-bond acceptors (Lipinski definition) is 4. The van der Waals surface area contributed by atoms with Gasteiger partial charge in [0.15, 0.2) is 0 Å². The number of carbonyl (C=O) groups excluding carboxylic acids is 1. The van der Waals surface area contributed by atoms with E-state index in [1.807, 2.05) is 29.6 Å². The fourth-order valence-electron chi connectivity index (χ4n) is 2.18. The third-order valence-electron chi connectivity index (χ3n) is 3.41. The number of aryl methyl sites for hydroxylation is 1. The highest BCUT2D eigenvalue weighted by Crippen LogP contribution is 2.01. The maximum Gasteiger partial charge on any atom is 0.239 e. The third kappa shape index (κ3) is 3.78. The van der Waals surface area contributed by atoms with Gasteiger partial charge < -0.3 is 19.5 Å². The Bertz CT molecular complexity index is 413. The molecular formula is C13H22N4O2. The summed E-state index contributed by atoms with van der Waals surface area (Å²) in [6, 6.07) is -0.154. The van der Waals surface area contributed by atoms with E-state index in [1.165, 1.54) is 0 Å². The summed E-state index contributed by atoms with van der Waals surface area (Å²) in [6.45, 7) is 5.35. The van der Waals surface area contributed by atoms with Gasteiger partial charge >= 0.3 is 0 Å². The highest BCUT2D eigenvalue weighted by atomic mass is 16.5. The lowest BCUT2D eigenvalue weighted by molar-refractivity contribution is -0.137. The number of hydrogen-bond donors (Lipinski definition) is 1. The van der Waals surface area contributed by atoms with Gasteiger partial charge in [0.1, 0.15) is 5.82 Å². The molecule has 1 aliphatic rings. The van der Waals surface area contributed by atoms with Gasteiger partial charge in [-0.3, -0.25) is 4.79 Å². The first kappa shape index (κ1) is 14.0. The van der Waals surface area contributed by atoms with Crippen LogP contribution in [0.2, 0.25) is 0 Å². The van der Waals surface area contributed by atoms with E-state index >= 15 is 0 Å². The van der Waals surface area contributed by atoms with Crippen LogP contribution in [0.1, 0.15) is 12.7 Å². The summed E-state index contributed by atoms with van der Waals surface area (Å²) in [5.41, 5.74) is 0. The largest absolute Gasteiger partial charge is 0.378 e. The van der Waals surface area contributed by atoms with E-state index in [2.05, 4.69) is 10.3 Å². The average Bonchev–Trinajstić information content (AvgIpc) is 2.84. The summed E-state index contributed by atoms with van der Waals surface area (Å²) in [4.78, 5) is 18.3. The van der Waals surface area contributed by atoms with Crippen LogP contribution in [0.15, 0.2) is 12.4 Å². The van der Waals surface area contributed by atoms with Gasteiger partial charge in [-0.2, -0.15) is 0 Å². The van der Waals surface area contributed by atoms with Crippen LogP contribution in [0.5, 0.6) is 0 Å². The van der Waals surface area contributed by atoms with Crippen LogP contribution < -0.4 is 5.32 Å². The molecule has 0 spiro atoms. The number of amides is 1. The normalized spacial score (nSPS) is 17.5. The average molecular weight is 266 g/mol. The Kier molecular flexibility index (Phi) is 4.93. The van der Waals surface area contributed by atoms with E-state index in [9.17, 15) is 4.79 Å². The minimum absolute atomic E-state index is 0.154. The summed E-state index contributed by atoms with van der Waals surface area (Å²) in [5, 5.41) is 3.26. The molecule has 1 unspecified atom stereocenters. The number of morpholine rings is 1. The maximum atomic E-state index is 12.1. The van der Waals surface area contributed by atoms with Crippen molar-refractivity contribution < 1.29 is 9.53 Å². The standard InChI is InChI=1S/C13H22N4O2/c1-11(13(18)17-7-9-19-10-8-17)14-4-3-12-15-5-6-16(12)2/h5-6,11,14H,3-4,7-10H2,1-2H3. The highest BCUT2D eigenvalue weighted by Gasteiger charge is 2.21. The number of aromatic nitrogens is 2. The fourth-order valence-corrected chi connectivity index (χ4v) is 2.18. The molecule has 106 valence electrons. The van der Waals surface area contributed by atoms with Crippen LogP contribution in [0.4, 0.5) is 0 Å². The van der Waals surface area contributed by atoms with Crippen molar-refractivity contribution in [2.24, 2.45) is 7.05 Å². The van der Waals surface area contributed by atoms with Gasteiger partial charge in [0, 0.05) is 45.5 Å². The summed E-state index contributed by atoms with van der Waals surface area (Å²) < 4.78 is 7.24. The van der Waals surface area contributed by atoms with E-state index in [0.29, 0.717) is 26.3 Å². The number of rotatable bonds is 5. The summed E-state index contributed by atoms with van der Waals surface area (Å²) in [7, 11) is 1.98. The first-order valence-electron chi connectivity index (χ1n) is 6.74. The molecule has 1 amide bonds. The zero-order valence-electron chi connectivity index (χ0n) is 11.6. The molecule has 0 bridgehead atoms. The number of imidazole rings is 1. The number of nitrogens with zero attached hydrogens (tertiary/aromatic N) is 3. The topological polar surface area (TPSA) is 59.4 Å². The van der Waals surface area contributed by atoms with Crippen molar-refractivity contribution in [1.82, 2.24) is 19.8 Å². The SMILES string of the molecule is CC(NCCc1nccn1C)C(=O)N1CCOCC1. The molecule has 1 aliphatic heterocycles. The number of carbonyl (C=O) groups is 1. The molecule has 0 radical (unpaired) electrons. The smallest absolute Gasteiger partial charge is 0.239 e. The van der Waals surface area contributed by atoms with E-state index < -0.39 is 0 Å². The van der Waals surface area contributed by atoms with Crippen LogP contribution in [-0.4, -0.2) is 59.2 Å². The molecule has 0 aromatic carbocycles. The highest BCUT2D eigenvalue weighted by molar-refractivity contribution is 5.81. The van der Waals surface area contributed by atoms with Crippen molar-refractivity contribution in [3.05, 3.63) is 18.2 Å². The molecule has 1 aromatic heterocycles. The first-order chi connectivity index (χ1) is 9.18. The quantitative estimate of drug-likeness (QED) is 0.802. The molecule has 6 heteroatoms. The third-order valence-corrected chi connectivity index (χ3v) is 3.41. The van der Waals surface area contributed by atoms with E-state index in [4.69, 9.17) is 4.74 Å². The fraction of sp³-hybridized carbons (Fsp3) is 0.692. The summed E-state index contributed by atoms with van der Waals surface area (Å²) >= 11 is 0. The predicted octanol–water partition coefficient (Wildman–Crippen LogP) is -0.200. The van der Waals surface area contributed by atoms with Crippen molar-refractivity contribution in [3.63, 3.8) is 0 Å². The van der Waals surface area contributed by atoms with Crippen LogP contribution in [0, 0.1) is 0 Å². The molecule has 1 N–H and O–H groups in total. The van der Waals surface area contributed by atoms with Gasteiger partial charge in [0.05, 0.1) is 19.3 Å². The zero-order chi connectivity index (χ0) is 13.7. The Morgan fingerprint density at radius 2 is 2.26 bits per heavy atom. The molecule has 1 fully saturated rings. The van der Waals surface area contributed by atoms with Crippen molar-refractivity contribution in [1.29, 1.82) is 0 Å². The Morgan fingerprint density at radius 3 is 2.89 bits per heavy atom. The van der Waals surface area contributed by atoms with Crippen LogP contribution in [0.3, 0.4) is 0 Å². The van der Waals surface area contributed by atoms with Crippen molar-refractivity contribution >= 4 is 5.91 Å². The lowest BCUT2D eigenvalue weighted by Gasteiger charge is -2.29. The zero-order valence-corrected chi connectivity index (χ0v) is 11.6. The van der Waals surface area contributed by atoms with E-state index in [1.54, 1.807) is 6.20 Å². The minimum Gasteiger partial charge on any atom is -0.378 e. The molecule has 2 heterocycles. The van der Waals surface area contributed by atoms with Gasteiger partial charge in [-0.15, -0.1) is 0 Å². The van der Waals surface area contributed by atoms with Gasteiger partial charge in [-0.1, -0.05) is 0 Å². The van der Waals surface area contributed by atoms with E-state index in [-0.39, 0.29) is 11.9 Å². The molecule has 1 atom stereocenters. The second-order valence-corrected chi connectivity index (χ2v) is 4.82. The number of ether oxygens (including phenoxy) is 1.